The molecule has 2 aromatic rings. The number of hydrogen-bond acceptors (Lipinski definition) is 2. The molecule has 1 fully saturated rings. The average molecular weight is 269 g/mol. The first-order chi connectivity index (χ1) is 9.56. The van der Waals surface area contributed by atoms with E-state index in [0.717, 1.165) is 29.3 Å². The minimum atomic E-state index is 0.580. The van der Waals surface area contributed by atoms with Crippen molar-refractivity contribution in [3.05, 3.63) is 35.7 Å². The van der Waals surface area contributed by atoms with E-state index in [9.17, 15) is 0 Å². The standard InChI is InChI=1S/C17H23N3/c1-11(2)10-13-4-6-14(7-5-13)16-17(18)20(12(3)19-16)15-8-9-15/h4-7,11,15H,8-10,18H2,1-3H3. The summed E-state index contributed by atoms with van der Waals surface area (Å²) >= 11 is 0. The highest BCUT2D eigenvalue weighted by Crippen LogP contribution is 2.40. The molecule has 0 spiro atoms. The van der Waals surface area contributed by atoms with Gasteiger partial charge < -0.3 is 10.3 Å². The molecule has 1 heterocycles. The normalized spacial score (nSPS) is 15.0. The van der Waals surface area contributed by atoms with Gasteiger partial charge in [-0.2, -0.15) is 0 Å². The largest absolute Gasteiger partial charge is 0.383 e. The Hall–Kier alpha value is -1.77. The first-order valence-electron chi connectivity index (χ1n) is 7.50. The summed E-state index contributed by atoms with van der Waals surface area (Å²) < 4.78 is 2.19. The summed E-state index contributed by atoms with van der Waals surface area (Å²) in [4.78, 5) is 4.67. The highest BCUT2D eigenvalue weighted by atomic mass is 15.2. The number of anilines is 1. The van der Waals surface area contributed by atoms with Gasteiger partial charge in [0.15, 0.2) is 0 Å². The minimum absolute atomic E-state index is 0.580. The molecule has 20 heavy (non-hydrogen) atoms. The second kappa shape index (κ2) is 4.97. The highest BCUT2D eigenvalue weighted by molar-refractivity contribution is 5.71. The SMILES string of the molecule is Cc1nc(-c2ccc(CC(C)C)cc2)c(N)n1C1CC1. The van der Waals surface area contributed by atoms with Crippen LogP contribution in [0.2, 0.25) is 0 Å². The van der Waals surface area contributed by atoms with Crippen LogP contribution in [0.4, 0.5) is 5.82 Å². The number of nitrogens with two attached hydrogens (primary N) is 1. The maximum atomic E-state index is 6.30. The van der Waals surface area contributed by atoms with Crippen molar-refractivity contribution in [1.29, 1.82) is 0 Å². The second-order valence-electron chi connectivity index (χ2n) is 6.29. The van der Waals surface area contributed by atoms with Crippen molar-refractivity contribution in [3.63, 3.8) is 0 Å². The summed E-state index contributed by atoms with van der Waals surface area (Å²) in [6.45, 7) is 6.53. The lowest BCUT2D eigenvalue weighted by Gasteiger charge is -2.07. The fraction of sp³-hybridized carbons (Fsp3) is 0.471. The van der Waals surface area contributed by atoms with Gasteiger partial charge in [-0.3, -0.25) is 0 Å². The Kier molecular flexibility index (Phi) is 3.28. The lowest BCUT2D eigenvalue weighted by molar-refractivity contribution is 0.647. The van der Waals surface area contributed by atoms with Gasteiger partial charge in [0.1, 0.15) is 17.3 Å². The van der Waals surface area contributed by atoms with Crippen LogP contribution in [0.15, 0.2) is 24.3 Å². The number of hydrogen-bond donors (Lipinski definition) is 1. The molecule has 1 aliphatic carbocycles. The van der Waals surface area contributed by atoms with Gasteiger partial charge in [0, 0.05) is 11.6 Å². The molecule has 106 valence electrons. The Bertz CT molecular complexity index is 604. The minimum Gasteiger partial charge on any atom is -0.383 e. The summed E-state index contributed by atoms with van der Waals surface area (Å²) in [7, 11) is 0. The van der Waals surface area contributed by atoms with Crippen LogP contribution in [0, 0.1) is 12.8 Å². The third-order valence-electron chi connectivity index (χ3n) is 3.91. The zero-order valence-electron chi connectivity index (χ0n) is 12.6. The van der Waals surface area contributed by atoms with Gasteiger partial charge in [-0.25, -0.2) is 4.98 Å². The first kappa shape index (κ1) is 13.2. The number of benzene rings is 1. The fourth-order valence-electron chi connectivity index (χ4n) is 2.84. The summed E-state index contributed by atoms with van der Waals surface area (Å²) in [5.74, 6) is 2.54. The van der Waals surface area contributed by atoms with Crippen LogP contribution < -0.4 is 5.73 Å². The summed E-state index contributed by atoms with van der Waals surface area (Å²) in [6, 6.07) is 9.26. The summed E-state index contributed by atoms with van der Waals surface area (Å²) in [5.41, 5.74) is 9.73. The summed E-state index contributed by atoms with van der Waals surface area (Å²) in [5, 5.41) is 0. The van der Waals surface area contributed by atoms with Crippen molar-refractivity contribution in [3.8, 4) is 11.3 Å². The topological polar surface area (TPSA) is 43.8 Å². The van der Waals surface area contributed by atoms with Gasteiger partial charge in [-0.1, -0.05) is 38.1 Å². The fourth-order valence-corrected chi connectivity index (χ4v) is 2.84. The van der Waals surface area contributed by atoms with Crippen molar-refractivity contribution in [2.24, 2.45) is 5.92 Å². The number of rotatable bonds is 4. The zero-order chi connectivity index (χ0) is 14.3. The number of nitrogens with zero attached hydrogens (tertiary/aromatic N) is 2. The predicted octanol–water partition coefficient (Wildman–Crippen LogP) is 3.97. The molecule has 1 aliphatic rings. The molecule has 1 saturated carbocycles. The number of imidazole rings is 1. The van der Waals surface area contributed by atoms with E-state index in [1.807, 2.05) is 6.92 Å². The van der Waals surface area contributed by atoms with E-state index in [4.69, 9.17) is 5.73 Å². The maximum absolute atomic E-state index is 6.30. The molecule has 3 nitrogen and oxygen atoms in total. The van der Waals surface area contributed by atoms with Crippen molar-refractivity contribution in [2.45, 2.75) is 46.1 Å². The van der Waals surface area contributed by atoms with Crippen molar-refractivity contribution < 1.29 is 0 Å². The third kappa shape index (κ3) is 2.45. The molecular weight excluding hydrogens is 246 g/mol. The molecule has 0 unspecified atom stereocenters. The smallest absolute Gasteiger partial charge is 0.131 e. The molecule has 2 N–H and O–H groups in total. The van der Waals surface area contributed by atoms with E-state index >= 15 is 0 Å². The van der Waals surface area contributed by atoms with Gasteiger partial charge >= 0.3 is 0 Å². The molecule has 3 rings (SSSR count). The Morgan fingerprint density at radius 2 is 1.90 bits per heavy atom. The predicted molar refractivity (Wildman–Crippen MR) is 83.6 cm³/mol. The molecule has 3 heteroatoms. The lowest BCUT2D eigenvalue weighted by atomic mass is 10.0. The van der Waals surface area contributed by atoms with Gasteiger partial charge in [0.25, 0.3) is 0 Å². The van der Waals surface area contributed by atoms with E-state index in [-0.39, 0.29) is 0 Å². The average Bonchev–Trinajstić information content (AvgIpc) is 3.17. The number of nitrogen functional groups attached to an aromatic ring is 1. The van der Waals surface area contributed by atoms with E-state index in [1.165, 1.54) is 18.4 Å². The molecule has 0 aliphatic heterocycles. The molecule has 0 amide bonds. The van der Waals surface area contributed by atoms with Crippen LogP contribution >= 0.6 is 0 Å². The van der Waals surface area contributed by atoms with E-state index in [1.54, 1.807) is 0 Å². The Morgan fingerprint density at radius 3 is 2.45 bits per heavy atom. The number of aryl methyl sites for hydroxylation is 1. The van der Waals surface area contributed by atoms with Crippen LogP contribution in [-0.2, 0) is 6.42 Å². The van der Waals surface area contributed by atoms with Crippen molar-refractivity contribution in [1.82, 2.24) is 9.55 Å². The van der Waals surface area contributed by atoms with E-state index in [0.29, 0.717) is 12.0 Å². The Balaban J connectivity index is 1.91. The molecule has 0 atom stereocenters. The quantitative estimate of drug-likeness (QED) is 0.912. The Morgan fingerprint density at radius 1 is 1.25 bits per heavy atom. The van der Waals surface area contributed by atoms with Gasteiger partial charge in [-0.05, 0) is 37.7 Å². The van der Waals surface area contributed by atoms with Crippen LogP contribution in [0.1, 0.15) is 44.1 Å². The van der Waals surface area contributed by atoms with Crippen molar-refractivity contribution >= 4 is 5.82 Å². The zero-order valence-corrected chi connectivity index (χ0v) is 12.6. The van der Waals surface area contributed by atoms with Crippen LogP contribution in [0.25, 0.3) is 11.3 Å². The molecule has 1 aromatic heterocycles. The highest BCUT2D eigenvalue weighted by Gasteiger charge is 2.28. The Labute approximate surface area is 120 Å². The van der Waals surface area contributed by atoms with Crippen LogP contribution in [0.5, 0.6) is 0 Å². The maximum Gasteiger partial charge on any atom is 0.131 e. The molecule has 0 bridgehead atoms. The van der Waals surface area contributed by atoms with Gasteiger partial charge in [-0.15, -0.1) is 0 Å². The third-order valence-corrected chi connectivity index (χ3v) is 3.91. The molecular formula is C17H23N3. The molecule has 0 radical (unpaired) electrons. The first-order valence-corrected chi connectivity index (χ1v) is 7.50. The van der Waals surface area contributed by atoms with Crippen LogP contribution in [0.3, 0.4) is 0 Å². The van der Waals surface area contributed by atoms with Crippen molar-refractivity contribution in [2.75, 3.05) is 5.73 Å². The monoisotopic (exact) mass is 269 g/mol. The van der Waals surface area contributed by atoms with E-state index < -0.39 is 0 Å². The van der Waals surface area contributed by atoms with Crippen LogP contribution in [-0.4, -0.2) is 9.55 Å². The van der Waals surface area contributed by atoms with Gasteiger partial charge in [0.05, 0.1) is 0 Å². The van der Waals surface area contributed by atoms with E-state index in [2.05, 4.69) is 47.7 Å². The molecule has 0 saturated heterocycles. The summed E-state index contributed by atoms with van der Waals surface area (Å²) in [6.07, 6.45) is 3.58. The lowest BCUT2D eigenvalue weighted by Crippen LogP contribution is -2.02. The van der Waals surface area contributed by atoms with Gasteiger partial charge in [0.2, 0.25) is 0 Å². The molecule has 1 aromatic carbocycles. The second-order valence-corrected chi connectivity index (χ2v) is 6.29. The number of aromatic nitrogens is 2.